The van der Waals surface area contributed by atoms with Crippen molar-refractivity contribution in [1.29, 1.82) is 0 Å². The average molecular weight is 305 g/mol. The van der Waals surface area contributed by atoms with Gasteiger partial charge in [-0.3, -0.25) is 0 Å². The molecule has 0 aliphatic rings. The molecular formula is C9H5F6NO4. The minimum Gasteiger partial charge on any atom is -0.481 e. The Morgan fingerprint density at radius 1 is 1.25 bits per heavy atom. The molecule has 0 saturated heterocycles. The van der Waals surface area contributed by atoms with E-state index in [0.29, 0.717) is 6.07 Å². The Kier molecular flexibility index (Phi) is 4.01. The van der Waals surface area contributed by atoms with Crippen molar-refractivity contribution >= 4 is 5.97 Å². The molecule has 0 saturated carbocycles. The van der Waals surface area contributed by atoms with Crippen LogP contribution in [0.5, 0.6) is 11.8 Å². The van der Waals surface area contributed by atoms with Crippen LogP contribution < -0.4 is 9.47 Å². The Bertz CT molecular complexity index is 524. The van der Waals surface area contributed by atoms with Crippen LogP contribution in [0.25, 0.3) is 0 Å². The van der Waals surface area contributed by atoms with Gasteiger partial charge in [-0.25, -0.2) is 4.79 Å². The molecule has 1 rings (SSSR count). The lowest BCUT2D eigenvalue weighted by Gasteiger charge is -2.17. The molecule has 1 heterocycles. The molecular weight excluding hydrogens is 300 g/mol. The van der Waals surface area contributed by atoms with E-state index in [2.05, 4.69) is 14.5 Å². The van der Waals surface area contributed by atoms with Crippen molar-refractivity contribution in [3.05, 3.63) is 17.2 Å². The van der Waals surface area contributed by atoms with Gasteiger partial charge in [0.2, 0.25) is 11.8 Å². The van der Waals surface area contributed by atoms with E-state index in [0.717, 1.165) is 7.11 Å². The summed E-state index contributed by atoms with van der Waals surface area (Å²) in [6.45, 7) is 0. The predicted octanol–water partition coefficient (Wildman–Crippen LogP) is 2.71. The molecule has 0 aliphatic heterocycles. The average Bonchev–Trinajstić information content (AvgIpc) is 2.23. The topological polar surface area (TPSA) is 68.7 Å². The van der Waals surface area contributed by atoms with Crippen molar-refractivity contribution in [1.82, 2.24) is 4.98 Å². The summed E-state index contributed by atoms with van der Waals surface area (Å²) in [7, 11) is 0.887. The van der Waals surface area contributed by atoms with Crippen LogP contribution in [0.1, 0.15) is 15.9 Å². The Morgan fingerprint density at radius 3 is 2.15 bits per heavy atom. The van der Waals surface area contributed by atoms with Gasteiger partial charge in [0.05, 0.1) is 12.7 Å². The number of hydrogen-bond acceptors (Lipinski definition) is 4. The molecule has 0 bridgehead atoms. The van der Waals surface area contributed by atoms with Gasteiger partial charge in [-0.15, -0.1) is 13.2 Å². The number of nitrogens with zero attached hydrogens (tertiary/aromatic N) is 1. The fourth-order valence-corrected chi connectivity index (χ4v) is 1.23. The van der Waals surface area contributed by atoms with Gasteiger partial charge in [0.25, 0.3) is 0 Å². The van der Waals surface area contributed by atoms with Crippen molar-refractivity contribution in [3.8, 4) is 11.8 Å². The minimum absolute atomic E-state index is 0.342. The third-order valence-corrected chi connectivity index (χ3v) is 1.90. The number of aromatic carboxylic acids is 1. The lowest BCUT2D eigenvalue weighted by atomic mass is 10.1. The summed E-state index contributed by atoms with van der Waals surface area (Å²) in [5.74, 6) is -4.82. The zero-order chi connectivity index (χ0) is 15.7. The van der Waals surface area contributed by atoms with Crippen molar-refractivity contribution in [3.63, 3.8) is 0 Å². The molecule has 20 heavy (non-hydrogen) atoms. The summed E-state index contributed by atoms with van der Waals surface area (Å²) in [6.07, 6.45) is -10.9. The molecule has 0 aliphatic carbocycles. The van der Waals surface area contributed by atoms with Gasteiger partial charge in [0.1, 0.15) is 5.56 Å². The number of carbonyl (C=O) groups is 1. The first-order valence-corrected chi connectivity index (χ1v) is 4.61. The Labute approximate surface area is 106 Å². The maximum Gasteiger partial charge on any atom is 0.574 e. The highest BCUT2D eigenvalue weighted by atomic mass is 19.4. The van der Waals surface area contributed by atoms with Gasteiger partial charge in [0.15, 0.2) is 0 Å². The molecule has 5 nitrogen and oxygen atoms in total. The van der Waals surface area contributed by atoms with Crippen molar-refractivity contribution in [2.45, 2.75) is 12.5 Å². The maximum atomic E-state index is 12.7. The summed E-state index contributed by atoms with van der Waals surface area (Å²) in [4.78, 5) is 13.6. The molecule has 0 aromatic carbocycles. The normalized spacial score (nSPS) is 12.2. The SMILES string of the molecule is COc1cc(C(=O)O)c(C(F)(F)F)c(OC(F)(F)F)n1. The van der Waals surface area contributed by atoms with Gasteiger partial charge < -0.3 is 14.6 Å². The highest BCUT2D eigenvalue weighted by Gasteiger charge is 2.44. The number of carboxylic acid groups (broad SMARTS) is 1. The minimum atomic E-state index is -5.48. The first kappa shape index (κ1) is 15.9. The smallest absolute Gasteiger partial charge is 0.481 e. The Hall–Kier alpha value is -2.20. The number of pyridine rings is 1. The van der Waals surface area contributed by atoms with Crippen molar-refractivity contribution in [2.75, 3.05) is 7.11 Å². The standard InChI is InChI=1S/C9H5F6NO4/c1-19-4-2-3(7(17)18)5(8(10,11)12)6(16-4)20-9(13,14)15/h2H,1H3,(H,17,18). The zero-order valence-corrected chi connectivity index (χ0v) is 9.46. The zero-order valence-electron chi connectivity index (χ0n) is 9.46. The number of halogens is 6. The number of ether oxygens (including phenoxy) is 2. The predicted molar refractivity (Wildman–Crippen MR) is 49.4 cm³/mol. The number of rotatable bonds is 3. The van der Waals surface area contributed by atoms with E-state index in [1.807, 2.05) is 0 Å². The second kappa shape index (κ2) is 5.06. The van der Waals surface area contributed by atoms with Gasteiger partial charge in [-0.2, -0.15) is 18.2 Å². The summed E-state index contributed by atoms with van der Waals surface area (Å²) in [5, 5.41) is 8.65. The Balaban J connectivity index is 3.60. The summed E-state index contributed by atoms with van der Waals surface area (Å²) in [6, 6.07) is 0.342. The van der Waals surface area contributed by atoms with Crippen LogP contribution >= 0.6 is 0 Å². The second-order valence-corrected chi connectivity index (χ2v) is 3.24. The maximum absolute atomic E-state index is 12.7. The summed E-state index contributed by atoms with van der Waals surface area (Å²) < 4.78 is 81.7. The van der Waals surface area contributed by atoms with Gasteiger partial charge >= 0.3 is 18.5 Å². The highest BCUT2D eigenvalue weighted by Crippen LogP contribution is 2.41. The highest BCUT2D eigenvalue weighted by molar-refractivity contribution is 5.90. The van der Waals surface area contributed by atoms with Gasteiger partial charge in [-0.05, 0) is 0 Å². The van der Waals surface area contributed by atoms with Crippen LogP contribution in [0.2, 0.25) is 0 Å². The molecule has 0 amide bonds. The third kappa shape index (κ3) is 3.65. The molecule has 0 fully saturated rings. The molecule has 11 heteroatoms. The first-order chi connectivity index (χ1) is 8.95. The molecule has 0 atom stereocenters. The van der Waals surface area contributed by atoms with E-state index < -0.39 is 41.4 Å². The fraction of sp³-hybridized carbons (Fsp3) is 0.333. The molecule has 0 unspecified atom stereocenters. The van der Waals surface area contributed by atoms with Crippen LogP contribution in [0.4, 0.5) is 26.3 Å². The summed E-state index contributed by atoms with van der Waals surface area (Å²) >= 11 is 0. The van der Waals surface area contributed by atoms with Gasteiger partial charge in [-0.1, -0.05) is 0 Å². The van der Waals surface area contributed by atoms with E-state index in [4.69, 9.17) is 5.11 Å². The van der Waals surface area contributed by atoms with Gasteiger partial charge in [0, 0.05) is 6.07 Å². The van der Waals surface area contributed by atoms with E-state index in [1.54, 1.807) is 0 Å². The monoisotopic (exact) mass is 305 g/mol. The third-order valence-electron chi connectivity index (χ3n) is 1.90. The fourth-order valence-electron chi connectivity index (χ4n) is 1.23. The van der Waals surface area contributed by atoms with Crippen LogP contribution in [-0.2, 0) is 6.18 Å². The number of methoxy groups -OCH3 is 1. The summed E-state index contributed by atoms with van der Waals surface area (Å²) in [5.41, 5.74) is -3.62. The number of aromatic nitrogens is 1. The van der Waals surface area contributed by atoms with E-state index >= 15 is 0 Å². The lowest BCUT2D eigenvalue weighted by molar-refractivity contribution is -0.278. The molecule has 1 aromatic heterocycles. The molecule has 1 N–H and O–H groups in total. The quantitative estimate of drug-likeness (QED) is 0.870. The Morgan fingerprint density at radius 2 is 1.80 bits per heavy atom. The van der Waals surface area contributed by atoms with E-state index in [9.17, 15) is 31.1 Å². The largest absolute Gasteiger partial charge is 0.574 e. The first-order valence-electron chi connectivity index (χ1n) is 4.61. The molecule has 112 valence electrons. The van der Waals surface area contributed by atoms with Crippen LogP contribution in [-0.4, -0.2) is 29.5 Å². The van der Waals surface area contributed by atoms with Crippen LogP contribution in [0.3, 0.4) is 0 Å². The van der Waals surface area contributed by atoms with Crippen molar-refractivity contribution in [2.24, 2.45) is 0 Å². The second-order valence-electron chi connectivity index (χ2n) is 3.24. The number of carboxylic acids is 1. The van der Waals surface area contributed by atoms with Crippen LogP contribution in [0, 0.1) is 0 Å². The lowest BCUT2D eigenvalue weighted by Crippen LogP contribution is -2.23. The molecule has 0 spiro atoms. The van der Waals surface area contributed by atoms with Crippen molar-refractivity contribution < 1.29 is 45.7 Å². The van der Waals surface area contributed by atoms with Crippen LogP contribution in [0.15, 0.2) is 6.07 Å². The molecule has 1 aromatic rings. The van der Waals surface area contributed by atoms with E-state index in [-0.39, 0.29) is 0 Å². The number of hydrogen-bond donors (Lipinski definition) is 1. The number of alkyl halides is 6. The van der Waals surface area contributed by atoms with E-state index in [1.165, 1.54) is 0 Å². The molecule has 0 radical (unpaired) electrons.